The van der Waals surface area contributed by atoms with Gasteiger partial charge < -0.3 is 20.3 Å². The molecule has 0 heterocycles. The lowest BCUT2D eigenvalue weighted by atomic mass is 10.2. The van der Waals surface area contributed by atoms with Crippen LogP contribution in [0.2, 0.25) is 0 Å². The van der Waals surface area contributed by atoms with E-state index < -0.39 is 6.10 Å². The van der Waals surface area contributed by atoms with Crippen molar-refractivity contribution in [3.63, 3.8) is 0 Å². The molecular weight excluding hydrogens is 194 g/mol. The van der Waals surface area contributed by atoms with Gasteiger partial charge in [0.1, 0.15) is 6.61 Å². The molecule has 1 atom stereocenters. The predicted octanol–water partition coefficient (Wildman–Crippen LogP) is 1.43. The van der Waals surface area contributed by atoms with Gasteiger partial charge in [-0.05, 0) is 18.6 Å². The lowest BCUT2D eigenvalue weighted by Gasteiger charge is -2.14. The van der Waals surface area contributed by atoms with E-state index in [2.05, 4.69) is 0 Å². The number of ether oxygens (including phenoxy) is 2. The first kappa shape index (κ1) is 11.7. The van der Waals surface area contributed by atoms with Crippen LogP contribution in [0.15, 0.2) is 18.2 Å². The van der Waals surface area contributed by atoms with Crippen LogP contribution in [0, 0.1) is 0 Å². The number of nitrogens with two attached hydrogens (primary N) is 1. The second-order valence-corrected chi connectivity index (χ2v) is 3.25. The standard InChI is InChI=1S/C11H17NO3/c1-3-8(13)7-15-11-9(12)5-4-6-10(11)14-2/h4-6,8,13H,3,7,12H2,1-2H3. The largest absolute Gasteiger partial charge is 0.493 e. The molecule has 0 aliphatic heterocycles. The summed E-state index contributed by atoms with van der Waals surface area (Å²) in [5, 5.41) is 9.37. The topological polar surface area (TPSA) is 64.7 Å². The molecule has 0 saturated carbocycles. The smallest absolute Gasteiger partial charge is 0.184 e. The van der Waals surface area contributed by atoms with Gasteiger partial charge in [-0.1, -0.05) is 13.0 Å². The van der Waals surface area contributed by atoms with Crippen molar-refractivity contribution in [3.8, 4) is 11.5 Å². The molecule has 0 amide bonds. The van der Waals surface area contributed by atoms with Crippen molar-refractivity contribution < 1.29 is 14.6 Å². The summed E-state index contributed by atoms with van der Waals surface area (Å²) in [6.45, 7) is 2.11. The number of hydrogen-bond acceptors (Lipinski definition) is 4. The minimum atomic E-state index is -0.477. The lowest BCUT2D eigenvalue weighted by Crippen LogP contribution is -2.16. The molecule has 1 rings (SSSR count). The van der Waals surface area contributed by atoms with Crippen molar-refractivity contribution >= 4 is 5.69 Å². The summed E-state index contributed by atoms with van der Waals surface area (Å²) in [5.74, 6) is 1.07. The van der Waals surface area contributed by atoms with Gasteiger partial charge in [-0.15, -0.1) is 0 Å². The molecule has 4 heteroatoms. The van der Waals surface area contributed by atoms with E-state index in [4.69, 9.17) is 15.2 Å². The molecule has 3 N–H and O–H groups in total. The van der Waals surface area contributed by atoms with Gasteiger partial charge in [0.2, 0.25) is 0 Å². The van der Waals surface area contributed by atoms with Gasteiger partial charge in [0.25, 0.3) is 0 Å². The van der Waals surface area contributed by atoms with Crippen LogP contribution in [0.1, 0.15) is 13.3 Å². The van der Waals surface area contributed by atoms with Gasteiger partial charge in [0.05, 0.1) is 18.9 Å². The number of methoxy groups -OCH3 is 1. The third-order valence-electron chi connectivity index (χ3n) is 2.12. The molecule has 0 aromatic heterocycles. The fourth-order valence-electron chi connectivity index (χ4n) is 1.15. The van der Waals surface area contributed by atoms with Crippen molar-refractivity contribution in [2.45, 2.75) is 19.4 Å². The third-order valence-corrected chi connectivity index (χ3v) is 2.12. The van der Waals surface area contributed by atoms with Crippen LogP contribution in [0.4, 0.5) is 5.69 Å². The predicted molar refractivity (Wildman–Crippen MR) is 59.2 cm³/mol. The van der Waals surface area contributed by atoms with E-state index >= 15 is 0 Å². The molecule has 0 aliphatic carbocycles. The Labute approximate surface area is 89.6 Å². The van der Waals surface area contributed by atoms with Gasteiger partial charge in [0, 0.05) is 0 Å². The number of hydrogen-bond donors (Lipinski definition) is 2. The quantitative estimate of drug-likeness (QED) is 0.723. The van der Waals surface area contributed by atoms with Gasteiger partial charge in [-0.25, -0.2) is 0 Å². The van der Waals surface area contributed by atoms with Gasteiger partial charge >= 0.3 is 0 Å². The van der Waals surface area contributed by atoms with E-state index in [0.717, 1.165) is 0 Å². The molecule has 0 saturated heterocycles. The van der Waals surface area contributed by atoms with Crippen LogP contribution in [0.25, 0.3) is 0 Å². The Hall–Kier alpha value is -1.42. The monoisotopic (exact) mass is 211 g/mol. The van der Waals surface area contributed by atoms with E-state index in [9.17, 15) is 5.11 Å². The first-order valence-electron chi connectivity index (χ1n) is 4.92. The van der Waals surface area contributed by atoms with Crippen LogP contribution in [0.3, 0.4) is 0 Å². The maximum absolute atomic E-state index is 9.37. The lowest BCUT2D eigenvalue weighted by molar-refractivity contribution is 0.103. The zero-order valence-corrected chi connectivity index (χ0v) is 9.06. The first-order valence-corrected chi connectivity index (χ1v) is 4.92. The number of para-hydroxylation sites is 1. The minimum Gasteiger partial charge on any atom is -0.493 e. The van der Waals surface area contributed by atoms with Crippen LogP contribution in [-0.2, 0) is 0 Å². The average Bonchev–Trinajstić information content (AvgIpc) is 2.26. The fourth-order valence-corrected chi connectivity index (χ4v) is 1.15. The average molecular weight is 211 g/mol. The Bertz CT molecular complexity index is 315. The molecule has 0 bridgehead atoms. The number of benzene rings is 1. The molecule has 0 radical (unpaired) electrons. The summed E-state index contributed by atoms with van der Waals surface area (Å²) in [5.41, 5.74) is 6.25. The zero-order valence-electron chi connectivity index (χ0n) is 9.06. The highest BCUT2D eigenvalue weighted by Gasteiger charge is 2.09. The Kier molecular flexibility index (Phi) is 4.24. The minimum absolute atomic E-state index is 0.223. The van der Waals surface area contributed by atoms with Crippen molar-refractivity contribution in [3.05, 3.63) is 18.2 Å². The van der Waals surface area contributed by atoms with Crippen LogP contribution >= 0.6 is 0 Å². The first-order chi connectivity index (χ1) is 7.19. The van der Waals surface area contributed by atoms with Gasteiger partial charge in [-0.3, -0.25) is 0 Å². The second-order valence-electron chi connectivity index (χ2n) is 3.25. The third kappa shape index (κ3) is 3.02. The molecular formula is C11H17NO3. The van der Waals surface area contributed by atoms with Crippen LogP contribution < -0.4 is 15.2 Å². The molecule has 0 fully saturated rings. The molecule has 1 aromatic carbocycles. The van der Waals surface area contributed by atoms with E-state index in [1.165, 1.54) is 0 Å². The highest BCUT2D eigenvalue weighted by Crippen LogP contribution is 2.32. The Morgan fingerprint density at radius 2 is 2.20 bits per heavy atom. The zero-order chi connectivity index (χ0) is 11.3. The second kappa shape index (κ2) is 5.46. The molecule has 84 valence electrons. The molecule has 0 spiro atoms. The van der Waals surface area contributed by atoms with Gasteiger partial charge in [0.15, 0.2) is 11.5 Å². The maximum Gasteiger partial charge on any atom is 0.184 e. The summed E-state index contributed by atoms with van der Waals surface area (Å²) in [6.07, 6.45) is 0.170. The van der Waals surface area contributed by atoms with E-state index in [0.29, 0.717) is 23.6 Å². The Morgan fingerprint density at radius 1 is 1.47 bits per heavy atom. The van der Waals surface area contributed by atoms with Crippen molar-refractivity contribution in [1.82, 2.24) is 0 Å². The summed E-state index contributed by atoms with van der Waals surface area (Å²) in [7, 11) is 1.55. The summed E-state index contributed by atoms with van der Waals surface area (Å²) < 4.78 is 10.5. The van der Waals surface area contributed by atoms with Crippen molar-refractivity contribution in [2.75, 3.05) is 19.5 Å². The normalized spacial score (nSPS) is 12.2. The summed E-state index contributed by atoms with van der Waals surface area (Å²) in [6, 6.07) is 5.29. The maximum atomic E-state index is 9.37. The number of anilines is 1. The van der Waals surface area contributed by atoms with Crippen LogP contribution in [-0.4, -0.2) is 24.9 Å². The van der Waals surface area contributed by atoms with Gasteiger partial charge in [-0.2, -0.15) is 0 Å². The van der Waals surface area contributed by atoms with Crippen LogP contribution in [0.5, 0.6) is 11.5 Å². The van der Waals surface area contributed by atoms with E-state index in [1.807, 2.05) is 6.92 Å². The summed E-state index contributed by atoms with van der Waals surface area (Å²) in [4.78, 5) is 0. The number of nitrogen functional groups attached to an aromatic ring is 1. The highest BCUT2D eigenvalue weighted by atomic mass is 16.5. The fraction of sp³-hybridized carbons (Fsp3) is 0.455. The van der Waals surface area contributed by atoms with E-state index in [1.54, 1.807) is 25.3 Å². The molecule has 1 unspecified atom stereocenters. The SMILES string of the molecule is CCC(O)COc1c(N)cccc1OC. The van der Waals surface area contributed by atoms with Crippen molar-refractivity contribution in [2.24, 2.45) is 0 Å². The highest BCUT2D eigenvalue weighted by molar-refractivity contribution is 5.60. The van der Waals surface area contributed by atoms with Crippen molar-refractivity contribution in [1.29, 1.82) is 0 Å². The Balaban J connectivity index is 2.74. The molecule has 1 aromatic rings. The summed E-state index contributed by atoms with van der Waals surface area (Å²) >= 11 is 0. The number of aliphatic hydroxyl groups excluding tert-OH is 1. The molecule has 0 aliphatic rings. The Morgan fingerprint density at radius 3 is 2.80 bits per heavy atom. The number of rotatable bonds is 5. The molecule has 15 heavy (non-hydrogen) atoms. The molecule has 4 nitrogen and oxygen atoms in total. The van der Waals surface area contributed by atoms with E-state index in [-0.39, 0.29) is 6.61 Å². The number of aliphatic hydroxyl groups is 1.